The molecule has 1 aromatic heterocycles. The SMILES string of the molecule is O=C(O)CC(O)Cn1cc(Br)cc(Br)c1=O. The third-order valence-electron chi connectivity index (χ3n) is 1.83. The van der Waals surface area contributed by atoms with Crippen LogP contribution in [0.25, 0.3) is 0 Å². The number of nitrogens with zero attached hydrogens (tertiary/aromatic N) is 1. The van der Waals surface area contributed by atoms with Crippen molar-refractivity contribution >= 4 is 37.8 Å². The number of hydrogen-bond donors (Lipinski definition) is 2. The Morgan fingerprint density at radius 3 is 2.69 bits per heavy atom. The van der Waals surface area contributed by atoms with Gasteiger partial charge in [-0.3, -0.25) is 9.59 Å². The van der Waals surface area contributed by atoms with Gasteiger partial charge in [-0.25, -0.2) is 0 Å². The number of carboxylic acids is 1. The maximum atomic E-state index is 11.6. The predicted molar refractivity (Wildman–Crippen MR) is 64.4 cm³/mol. The molecule has 1 unspecified atom stereocenters. The fourth-order valence-electron chi connectivity index (χ4n) is 1.19. The molecule has 1 heterocycles. The van der Waals surface area contributed by atoms with Crippen molar-refractivity contribution in [2.75, 3.05) is 0 Å². The average Bonchev–Trinajstić information content (AvgIpc) is 2.11. The number of aliphatic carboxylic acids is 1. The second kappa shape index (κ2) is 5.60. The first-order valence-electron chi connectivity index (χ1n) is 4.35. The lowest BCUT2D eigenvalue weighted by Gasteiger charge is -2.11. The van der Waals surface area contributed by atoms with E-state index in [2.05, 4.69) is 31.9 Å². The third kappa shape index (κ3) is 3.73. The summed E-state index contributed by atoms with van der Waals surface area (Å²) in [7, 11) is 0. The molecule has 0 aliphatic carbocycles. The smallest absolute Gasteiger partial charge is 0.306 e. The molecule has 0 spiro atoms. The molecule has 0 amide bonds. The zero-order valence-corrected chi connectivity index (χ0v) is 11.2. The fourth-order valence-corrected chi connectivity index (χ4v) is 2.45. The molecule has 2 N–H and O–H groups in total. The van der Waals surface area contributed by atoms with Crippen LogP contribution in [0.5, 0.6) is 0 Å². The standard InChI is InChI=1S/C9H9Br2NO4/c10-5-1-7(11)9(16)12(3-5)4-6(13)2-8(14)15/h1,3,6,13H,2,4H2,(H,14,15). The van der Waals surface area contributed by atoms with Gasteiger partial charge >= 0.3 is 5.97 Å². The van der Waals surface area contributed by atoms with Gasteiger partial charge in [0.25, 0.3) is 5.56 Å². The van der Waals surface area contributed by atoms with Gasteiger partial charge < -0.3 is 14.8 Å². The minimum Gasteiger partial charge on any atom is -0.481 e. The minimum absolute atomic E-state index is 0.0524. The fraction of sp³-hybridized carbons (Fsp3) is 0.333. The number of aliphatic hydroxyl groups is 1. The molecule has 0 aliphatic rings. The summed E-state index contributed by atoms with van der Waals surface area (Å²) in [4.78, 5) is 21.9. The molecular weight excluding hydrogens is 346 g/mol. The largest absolute Gasteiger partial charge is 0.481 e. The Kier molecular flexibility index (Phi) is 4.69. The van der Waals surface area contributed by atoms with Gasteiger partial charge in [0.2, 0.25) is 0 Å². The van der Waals surface area contributed by atoms with Crippen LogP contribution in [0.15, 0.2) is 26.0 Å². The molecule has 88 valence electrons. The number of carbonyl (C=O) groups is 1. The third-order valence-corrected chi connectivity index (χ3v) is 2.83. The molecule has 1 rings (SSSR count). The highest BCUT2D eigenvalue weighted by molar-refractivity contribution is 9.11. The molecule has 0 saturated heterocycles. The van der Waals surface area contributed by atoms with Crippen LogP contribution in [0.3, 0.4) is 0 Å². The Balaban J connectivity index is 2.89. The van der Waals surface area contributed by atoms with Crippen molar-refractivity contribution in [2.45, 2.75) is 19.1 Å². The number of pyridine rings is 1. The highest BCUT2D eigenvalue weighted by Gasteiger charge is 2.12. The summed E-state index contributed by atoms with van der Waals surface area (Å²) >= 11 is 6.28. The van der Waals surface area contributed by atoms with Crippen LogP contribution in [0.2, 0.25) is 0 Å². The summed E-state index contributed by atoms with van der Waals surface area (Å²) in [6.07, 6.45) is 0.0192. The van der Waals surface area contributed by atoms with Gasteiger partial charge in [0, 0.05) is 10.7 Å². The van der Waals surface area contributed by atoms with Crippen LogP contribution < -0.4 is 5.56 Å². The van der Waals surface area contributed by atoms with Gasteiger partial charge in [-0.05, 0) is 37.9 Å². The van der Waals surface area contributed by atoms with Crippen molar-refractivity contribution < 1.29 is 15.0 Å². The lowest BCUT2D eigenvalue weighted by Crippen LogP contribution is -2.28. The van der Waals surface area contributed by atoms with E-state index >= 15 is 0 Å². The monoisotopic (exact) mass is 353 g/mol. The van der Waals surface area contributed by atoms with E-state index in [4.69, 9.17) is 5.11 Å². The van der Waals surface area contributed by atoms with Crippen molar-refractivity contribution in [3.8, 4) is 0 Å². The summed E-state index contributed by atoms with van der Waals surface area (Å²) in [5.74, 6) is -1.10. The molecule has 0 bridgehead atoms. The molecule has 0 aromatic carbocycles. The lowest BCUT2D eigenvalue weighted by atomic mass is 10.2. The quantitative estimate of drug-likeness (QED) is 0.851. The number of rotatable bonds is 4. The van der Waals surface area contributed by atoms with E-state index < -0.39 is 18.5 Å². The van der Waals surface area contributed by atoms with Crippen LogP contribution in [0, 0.1) is 0 Å². The van der Waals surface area contributed by atoms with Gasteiger partial charge in [-0.1, -0.05) is 0 Å². The number of aliphatic hydroxyl groups excluding tert-OH is 1. The second-order valence-corrected chi connectivity index (χ2v) is 4.99. The van der Waals surface area contributed by atoms with E-state index in [-0.39, 0.29) is 12.1 Å². The summed E-state index contributed by atoms with van der Waals surface area (Å²) in [6.45, 7) is -0.0524. The van der Waals surface area contributed by atoms with E-state index in [0.717, 1.165) is 0 Å². The van der Waals surface area contributed by atoms with Gasteiger partial charge in [0.1, 0.15) is 0 Å². The van der Waals surface area contributed by atoms with Crippen molar-refractivity contribution in [2.24, 2.45) is 0 Å². The van der Waals surface area contributed by atoms with Gasteiger partial charge in [0.15, 0.2) is 0 Å². The van der Waals surface area contributed by atoms with Crippen LogP contribution >= 0.6 is 31.9 Å². The van der Waals surface area contributed by atoms with Gasteiger partial charge in [-0.15, -0.1) is 0 Å². The molecule has 0 fully saturated rings. The van der Waals surface area contributed by atoms with Gasteiger partial charge in [0.05, 0.1) is 23.5 Å². The average molecular weight is 355 g/mol. The normalized spacial score (nSPS) is 12.4. The van der Waals surface area contributed by atoms with E-state index in [1.165, 1.54) is 10.8 Å². The Morgan fingerprint density at radius 1 is 1.50 bits per heavy atom. The molecule has 5 nitrogen and oxygen atoms in total. The molecule has 16 heavy (non-hydrogen) atoms. The Bertz CT molecular complexity index is 457. The maximum Gasteiger partial charge on any atom is 0.306 e. The molecule has 0 radical (unpaired) electrons. The maximum absolute atomic E-state index is 11.6. The van der Waals surface area contributed by atoms with Crippen LogP contribution in [0.1, 0.15) is 6.42 Å². The van der Waals surface area contributed by atoms with Crippen molar-refractivity contribution in [1.29, 1.82) is 0 Å². The highest BCUT2D eigenvalue weighted by Crippen LogP contribution is 2.13. The molecule has 7 heteroatoms. The van der Waals surface area contributed by atoms with E-state index in [9.17, 15) is 14.7 Å². The number of halogens is 2. The number of hydrogen-bond acceptors (Lipinski definition) is 3. The highest BCUT2D eigenvalue weighted by atomic mass is 79.9. The summed E-state index contributed by atoms with van der Waals surface area (Å²) in [5.41, 5.74) is -0.312. The van der Waals surface area contributed by atoms with Crippen LogP contribution in [-0.4, -0.2) is 26.9 Å². The molecule has 1 aromatic rings. The number of aromatic nitrogens is 1. The van der Waals surface area contributed by atoms with Crippen molar-refractivity contribution in [1.82, 2.24) is 4.57 Å². The minimum atomic E-state index is -1.10. The molecule has 0 saturated carbocycles. The zero-order chi connectivity index (χ0) is 12.3. The predicted octanol–water partition coefficient (Wildman–Crippen LogP) is 1.21. The number of carboxylic acid groups (broad SMARTS) is 1. The molecule has 0 aliphatic heterocycles. The molecular formula is C9H9Br2NO4. The summed E-state index contributed by atoms with van der Waals surface area (Å²) in [6, 6.07) is 1.59. The Morgan fingerprint density at radius 2 is 2.12 bits per heavy atom. The van der Waals surface area contributed by atoms with Gasteiger partial charge in [-0.2, -0.15) is 0 Å². The lowest BCUT2D eigenvalue weighted by molar-refractivity contribution is -0.139. The Hall–Kier alpha value is -0.660. The summed E-state index contributed by atoms with van der Waals surface area (Å²) < 4.78 is 2.27. The topological polar surface area (TPSA) is 79.5 Å². The first-order valence-corrected chi connectivity index (χ1v) is 5.94. The van der Waals surface area contributed by atoms with E-state index in [1.807, 2.05) is 0 Å². The molecule has 1 atom stereocenters. The first kappa shape index (κ1) is 13.4. The van der Waals surface area contributed by atoms with Crippen molar-refractivity contribution in [3.63, 3.8) is 0 Å². The Labute approximate surface area is 108 Å². The van der Waals surface area contributed by atoms with Crippen molar-refractivity contribution in [3.05, 3.63) is 31.6 Å². The summed E-state index contributed by atoms with van der Waals surface area (Å²) in [5, 5.41) is 17.9. The second-order valence-electron chi connectivity index (χ2n) is 3.22. The zero-order valence-electron chi connectivity index (χ0n) is 8.06. The van der Waals surface area contributed by atoms with E-state index in [0.29, 0.717) is 8.95 Å². The van der Waals surface area contributed by atoms with Crippen LogP contribution in [-0.2, 0) is 11.3 Å². The van der Waals surface area contributed by atoms with Crippen LogP contribution in [0.4, 0.5) is 0 Å². The van der Waals surface area contributed by atoms with E-state index in [1.54, 1.807) is 6.07 Å². The first-order chi connectivity index (χ1) is 7.40.